The van der Waals surface area contributed by atoms with Crippen LogP contribution in [0.25, 0.3) is 0 Å². The Morgan fingerprint density at radius 2 is 1.71 bits per heavy atom. The van der Waals surface area contributed by atoms with Gasteiger partial charge in [0.05, 0.1) is 11.9 Å². The van der Waals surface area contributed by atoms with Gasteiger partial charge in [-0.05, 0) is 49.9 Å². The van der Waals surface area contributed by atoms with Crippen molar-refractivity contribution in [3.8, 4) is 0 Å². The maximum Gasteiger partial charge on any atom is 0.244 e. The number of hydrogen-bond donors (Lipinski definition) is 1. The minimum atomic E-state index is -3.74. The zero-order valence-corrected chi connectivity index (χ0v) is 22.6. The fourth-order valence-corrected chi connectivity index (χ4v) is 4.81. The predicted octanol–water partition coefficient (Wildman–Crippen LogP) is 3.98. The average molecular weight is 553 g/mol. The van der Waals surface area contributed by atoms with Gasteiger partial charge in [-0.3, -0.25) is 13.9 Å². The van der Waals surface area contributed by atoms with Crippen LogP contribution in [0.4, 0.5) is 5.69 Å². The van der Waals surface area contributed by atoms with Crippen LogP contribution in [0.15, 0.2) is 59.1 Å². The number of nitrogens with zero attached hydrogens (tertiary/aromatic N) is 2. The largest absolute Gasteiger partial charge is 0.352 e. The summed E-state index contributed by atoms with van der Waals surface area (Å²) < 4.78 is 27.0. The normalized spacial score (nSPS) is 13.1. The molecule has 0 aromatic heterocycles. The summed E-state index contributed by atoms with van der Waals surface area (Å²) in [7, 11) is -3.74. The monoisotopic (exact) mass is 551 g/mol. The lowest BCUT2D eigenvalue weighted by atomic mass is 10.1. The minimum Gasteiger partial charge on any atom is -0.352 e. The van der Waals surface area contributed by atoms with Crippen molar-refractivity contribution in [2.45, 2.75) is 52.1 Å². The molecule has 0 bridgehead atoms. The number of amides is 2. The molecule has 0 unspecified atom stereocenters. The molecule has 2 aromatic rings. The Morgan fingerprint density at radius 3 is 2.26 bits per heavy atom. The molecule has 0 fully saturated rings. The Labute approximate surface area is 211 Å². The molecule has 9 heteroatoms. The highest BCUT2D eigenvalue weighted by atomic mass is 79.9. The van der Waals surface area contributed by atoms with E-state index in [4.69, 9.17) is 0 Å². The number of carbonyl (C=O) groups excluding carboxylic acids is 2. The number of nitrogens with one attached hydrogen (secondary N) is 1. The zero-order valence-electron chi connectivity index (χ0n) is 20.2. The number of halogens is 1. The summed E-state index contributed by atoms with van der Waals surface area (Å²) in [6.45, 7) is 5.65. The van der Waals surface area contributed by atoms with Crippen LogP contribution >= 0.6 is 15.9 Å². The lowest BCUT2D eigenvalue weighted by Crippen LogP contribution is -2.54. The fraction of sp³-hybridized carbons (Fsp3) is 0.440. The van der Waals surface area contributed by atoms with Gasteiger partial charge in [-0.2, -0.15) is 0 Å². The van der Waals surface area contributed by atoms with Crippen molar-refractivity contribution in [1.82, 2.24) is 10.2 Å². The first-order valence-corrected chi connectivity index (χ1v) is 14.1. The molecule has 0 aliphatic rings. The number of carbonyl (C=O) groups is 2. The number of rotatable bonds is 12. The first-order valence-electron chi connectivity index (χ1n) is 11.4. The van der Waals surface area contributed by atoms with E-state index >= 15 is 0 Å². The van der Waals surface area contributed by atoms with Crippen molar-refractivity contribution < 1.29 is 18.0 Å². The van der Waals surface area contributed by atoms with Gasteiger partial charge in [0.1, 0.15) is 12.6 Å². The van der Waals surface area contributed by atoms with Gasteiger partial charge in [-0.25, -0.2) is 8.42 Å². The molecule has 186 valence electrons. The molecule has 0 spiro atoms. The van der Waals surface area contributed by atoms with Crippen molar-refractivity contribution in [2.75, 3.05) is 23.7 Å². The second-order valence-corrected chi connectivity index (χ2v) is 11.1. The van der Waals surface area contributed by atoms with Gasteiger partial charge in [0.15, 0.2) is 0 Å². The van der Waals surface area contributed by atoms with E-state index in [1.54, 1.807) is 24.3 Å². The number of hydrogen-bond acceptors (Lipinski definition) is 4. The van der Waals surface area contributed by atoms with Crippen LogP contribution in [0, 0.1) is 0 Å². The van der Waals surface area contributed by atoms with E-state index in [1.165, 1.54) is 4.90 Å². The van der Waals surface area contributed by atoms with Gasteiger partial charge >= 0.3 is 0 Å². The lowest BCUT2D eigenvalue weighted by Gasteiger charge is -2.33. The van der Waals surface area contributed by atoms with Crippen LogP contribution in [0.3, 0.4) is 0 Å². The van der Waals surface area contributed by atoms with Gasteiger partial charge in [0, 0.05) is 17.1 Å². The van der Waals surface area contributed by atoms with Crippen LogP contribution < -0.4 is 9.62 Å². The Morgan fingerprint density at radius 1 is 1.03 bits per heavy atom. The van der Waals surface area contributed by atoms with E-state index < -0.39 is 28.5 Å². The summed E-state index contributed by atoms with van der Waals surface area (Å²) in [6, 6.07) is 15.8. The zero-order chi connectivity index (χ0) is 25.3. The standard InChI is InChI=1S/C25H34BrN3O4S/c1-5-19(3)27-25(31)23(6-2)28(16-15-20-11-8-7-9-12-20)24(30)18-29(34(4,32)33)22-14-10-13-21(26)17-22/h7-14,17,19,23H,5-6,15-16,18H2,1-4H3,(H,27,31)/t19-,23+/m1/s1. The highest BCUT2D eigenvalue weighted by molar-refractivity contribution is 9.10. The first kappa shape index (κ1) is 27.9. The molecule has 0 saturated carbocycles. The number of sulfonamides is 1. The molecular formula is C25H34BrN3O4S. The molecule has 2 rings (SSSR count). The Hall–Kier alpha value is -2.39. The molecule has 0 heterocycles. The van der Waals surface area contributed by atoms with Crippen LogP contribution in [-0.4, -0.2) is 56.6 Å². The van der Waals surface area contributed by atoms with Crippen LogP contribution in [0.1, 0.15) is 39.2 Å². The highest BCUT2D eigenvalue weighted by Crippen LogP contribution is 2.23. The third kappa shape index (κ3) is 8.13. The maximum absolute atomic E-state index is 13.6. The third-order valence-corrected chi connectivity index (χ3v) is 7.28. The van der Waals surface area contributed by atoms with E-state index in [9.17, 15) is 18.0 Å². The summed E-state index contributed by atoms with van der Waals surface area (Å²) >= 11 is 3.36. The van der Waals surface area contributed by atoms with Crippen molar-refractivity contribution >= 4 is 43.5 Å². The molecule has 2 amide bonds. The van der Waals surface area contributed by atoms with Gasteiger partial charge in [0.25, 0.3) is 0 Å². The molecule has 2 atom stereocenters. The van der Waals surface area contributed by atoms with Crippen molar-refractivity contribution in [1.29, 1.82) is 0 Å². The van der Waals surface area contributed by atoms with E-state index in [2.05, 4.69) is 21.2 Å². The Balaban J connectivity index is 2.36. The summed E-state index contributed by atoms with van der Waals surface area (Å²) in [6.07, 6.45) is 2.81. The fourth-order valence-electron chi connectivity index (χ4n) is 3.58. The summed E-state index contributed by atoms with van der Waals surface area (Å²) in [4.78, 5) is 28.1. The van der Waals surface area contributed by atoms with E-state index in [0.717, 1.165) is 22.5 Å². The summed E-state index contributed by atoms with van der Waals surface area (Å²) in [5.74, 6) is -0.654. The van der Waals surface area contributed by atoms with Crippen LogP contribution in [0.2, 0.25) is 0 Å². The summed E-state index contributed by atoms with van der Waals surface area (Å²) in [5, 5.41) is 2.97. The molecule has 34 heavy (non-hydrogen) atoms. The van der Waals surface area contributed by atoms with E-state index in [1.807, 2.05) is 51.1 Å². The Kier molecular flexibility index (Phi) is 10.6. The maximum atomic E-state index is 13.6. The van der Waals surface area contributed by atoms with Crippen LogP contribution in [0.5, 0.6) is 0 Å². The van der Waals surface area contributed by atoms with E-state index in [0.29, 0.717) is 29.5 Å². The SMILES string of the molecule is CC[C@@H](C)NC(=O)[C@H](CC)N(CCc1ccccc1)C(=O)CN(c1cccc(Br)c1)S(C)(=O)=O. The second-order valence-electron chi connectivity index (χ2n) is 8.31. The number of benzene rings is 2. The quantitative estimate of drug-likeness (QED) is 0.432. The first-order chi connectivity index (χ1) is 16.1. The topological polar surface area (TPSA) is 86.8 Å². The average Bonchev–Trinajstić information content (AvgIpc) is 2.79. The molecule has 7 nitrogen and oxygen atoms in total. The van der Waals surface area contributed by atoms with Crippen molar-refractivity contribution in [2.24, 2.45) is 0 Å². The molecule has 0 aliphatic carbocycles. The number of anilines is 1. The molecular weight excluding hydrogens is 518 g/mol. The molecule has 0 aliphatic heterocycles. The van der Waals surface area contributed by atoms with Gasteiger partial charge in [-0.15, -0.1) is 0 Å². The van der Waals surface area contributed by atoms with Gasteiger partial charge in [-0.1, -0.05) is 66.2 Å². The summed E-state index contributed by atoms with van der Waals surface area (Å²) in [5.41, 5.74) is 1.41. The van der Waals surface area contributed by atoms with E-state index in [-0.39, 0.29) is 11.9 Å². The predicted molar refractivity (Wildman–Crippen MR) is 140 cm³/mol. The molecule has 1 N–H and O–H groups in total. The lowest BCUT2D eigenvalue weighted by molar-refractivity contribution is -0.139. The molecule has 0 saturated heterocycles. The van der Waals surface area contributed by atoms with Crippen molar-refractivity contribution in [3.05, 3.63) is 64.6 Å². The minimum absolute atomic E-state index is 0.0261. The Bertz CT molecular complexity index is 1060. The van der Waals surface area contributed by atoms with Gasteiger partial charge in [0.2, 0.25) is 21.8 Å². The second kappa shape index (κ2) is 12.9. The smallest absolute Gasteiger partial charge is 0.244 e. The molecule has 0 radical (unpaired) electrons. The molecule has 2 aromatic carbocycles. The van der Waals surface area contributed by atoms with Crippen LogP contribution in [-0.2, 0) is 26.0 Å². The van der Waals surface area contributed by atoms with Gasteiger partial charge < -0.3 is 10.2 Å². The highest BCUT2D eigenvalue weighted by Gasteiger charge is 2.31. The van der Waals surface area contributed by atoms with Crippen molar-refractivity contribution in [3.63, 3.8) is 0 Å². The third-order valence-electron chi connectivity index (χ3n) is 5.65.